The molecule has 168 valence electrons. The van der Waals surface area contributed by atoms with E-state index >= 15 is 0 Å². The molecule has 1 aromatic carbocycles. The van der Waals surface area contributed by atoms with Crippen molar-refractivity contribution in [2.45, 2.75) is 51.0 Å². The molecular formula is C22H28ClN3O4S. The van der Waals surface area contributed by atoms with E-state index in [-0.39, 0.29) is 29.4 Å². The first kappa shape index (κ1) is 21.1. The van der Waals surface area contributed by atoms with Crippen molar-refractivity contribution in [3.8, 4) is 0 Å². The second-order valence-electron chi connectivity index (χ2n) is 9.48. The number of anilines is 1. The molecule has 1 N–H and O–H groups in total. The maximum atomic E-state index is 12.5. The van der Waals surface area contributed by atoms with Crippen molar-refractivity contribution in [1.29, 1.82) is 0 Å². The molecule has 3 heterocycles. The Morgan fingerprint density at radius 2 is 1.90 bits per heavy atom. The first-order valence-corrected chi connectivity index (χ1v) is 13.3. The normalized spacial score (nSPS) is 25.8. The fraction of sp³-hybridized carbons (Fsp3) is 0.636. The van der Waals surface area contributed by atoms with Gasteiger partial charge in [0.15, 0.2) is 15.4 Å². The summed E-state index contributed by atoms with van der Waals surface area (Å²) in [6.07, 6.45) is 6.76. The minimum absolute atomic E-state index is 0.00730. The highest BCUT2D eigenvalue weighted by atomic mass is 35.5. The number of carbonyl (C=O) groups is 1. The van der Waals surface area contributed by atoms with Gasteiger partial charge in [-0.1, -0.05) is 11.6 Å². The van der Waals surface area contributed by atoms with Crippen LogP contribution in [-0.4, -0.2) is 49.9 Å². The number of nitrogens with one attached hydrogen (secondary N) is 1. The van der Waals surface area contributed by atoms with Crippen LogP contribution in [0.4, 0.5) is 6.01 Å². The van der Waals surface area contributed by atoms with Gasteiger partial charge >= 0.3 is 0 Å². The number of amides is 1. The maximum Gasteiger partial charge on any atom is 0.298 e. The molecule has 5 rings (SSSR count). The van der Waals surface area contributed by atoms with Crippen LogP contribution in [0.2, 0.25) is 5.02 Å². The molecule has 1 aromatic heterocycles. The second kappa shape index (κ2) is 7.96. The first-order chi connectivity index (χ1) is 14.8. The number of benzene rings is 1. The number of piperidine rings is 1. The topological polar surface area (TPSA) is 92.5 Å². The summed E-state index contributed by atoms with van der Waals surface area (Å²) in [5.41, 5.74) is 1.86. The molecule has 3 aliphatic rings. The molecule has 2 saturated heterocycles. The zero-order valence-corrected chi connectivity index (χ0v) is 19.1. The van der Waals surface area contributed by atoms with Crippen molar-refractivity contribution in [2.24, 2.45) is 11.3 Å². The second-order valence-corrected chi connectivity index (χ2v) is 12.1. The van der Waals surface area contributed by atoms with Gasteiger partial charge in [-0.3, -0.25) is 4.79 Å². The Morgan fingerprint density at radius 3 is 2.58 bits per heavy atom. The number of aromatic nitrogens is 1. The van der Waals surface area contributed by atoms with Crippen LogP contribution in [0, 0.1) is 11.3 Å². The average molecular weight is 466 g/mol. The first-order valence-electron chi connectivity index (χ1n) is 11.1. The predicted molar refractivity (Wildman–Crippen MR) is 120 cm³/mol. The average Bonchev–Trinajstić information content (AvgIpc) is 3.33. The van der Waals surface area contributed by atoms with Gasteiger partial charge in [-0.05, 0) is 68.6 Å². The van der Waals surface area contributed by atoms with Crippen LogP contribution in [0.15, 0.2) is 22.6 Å². The molecule has 2 aromatic rings. The summed E-state index contributed by atoms with van der Waals surface area (Å²) in [4.78, 5) is 19.3. The summed E-state index contributed by atoms with van der Waals surface area (Å²) in [6.45, 7) is 1.83. The van der Waals surface area contributed by atoms with Crippen LogP contribution < -0.4 is 10.2 Å². The zero-order chi connectivity index (χ0) is 21.6. The summed E-state index contributed by atoms with van der Waals surface area (Å²) >= 11 is 6.06. The lowest BCUT2D eigenvalue weighted by Gasteiger charge is -2.45. The fourth-order valence-corrected chi connectivity index (χ4v) is 7.30. The third-order valence-corrected chi connectivity index (χ3v) is 9.43. The molecule has 1 atom stereocenters. The lowest BCUT2D eigenvalue weighted by molar-refractivity contribution is -0.125. The number of carbonyl (C=O) groups excluding carboxylic acids is 1. The van der Waals surface area contributed by atoms with Crippen molar-refractivity contribution in [3.63, 3.8) is 0 Å². The van der Waals surface area contributed by atoms with E-state index in [4.69, 9.17) is 16.0 Å². The van der Waals surface area contributed by atoms with Crippen molar-refractivity contribution in [1.82, 2.24) is 10.3 Å². The highest BCUT2D eigenvalue weighted by Gasteiger charge is 2.40. The maximum absolute atomic E-state index is 12.5. The largest absolute Gasteiger partial charge is 0.423 e. The molecule has 2 aliphatic heterocycles. The number of oxazole rings is 1. The Hall–Kier alpha value is -1.80. The van der Waals surface area contributed by atoms with Crippen LogP contribution >= 0.6 is 11.6 Å². The van der Waals surface area contributed by atoms with E-state index in [1.54, 1.807) is 0 Å². The standard InChI is InChI=1S/C22H28ClN3O4S/c23-16-1-2-19-18(13-16)25-21(30-19)26-10-8-22(9-11-26)6-3-17(4-7-22)24-20(27)15-5-12-31(28,29)14-15/h1-2,13,15,17H,3-12,14H2,(H,24,27)/t15-/m1/s1. The molecule has 31 heavy (non-hydrogen) atoms. The molecule has 9 heteroatoms. The SMILES string of the molecule is O=C(NC1CCC2(CC1)CCN(c1nc3cc(Cl)ccc3o1)CC2)[C@@H]1CCS(=O)(=O)C1. The molecule has 1 aliphatic carbocycles. The van der Waals surface area contributed by atoms with E-state index in [1.807, 2.05) is 18.2 Å². The Bertz CT molecular complexity index is 1080. The number of halogens is 1. The molecule has 1 amide bonds. The van der Waals surface area contributed by atoms with E-state index in [0.29, 0.717) is 22.9 Å². The number of hydrogen-bond donors (Lipinski definition) is 1. The summed E-state index contributed by atoms with van der Waals surface area (Å²) in [5.74, 6) is -0.293. The van der Waals surface area contributed by atoms with E-state index in [9.17, 15) is 13.2 Å². The van der Waals surface area contributed by atoms with Gasteiger partial charge in [0.2, 0.25) is 5.91 Å². The van der Waals surface area contributed by atoms with Crippen molar-refractivity contribution in [3.05, 3.63) is 23.2 Å². The Morgan fingerprint density at radius 1 is 1.16 bits per heavy atom. The summed E-state index contributed by atoms with van der Waals surface area (Å²) in [7, 11) is -3.03. The molecule has 1 spiro atoms. The number of hydrogen-bond acceptors (Lipinski definition) is 6. The Kier molecular flexibility index (Phi) is 5.41. The number of nitrogens with zero attached hydrogens (tertiary/aromatic N) is 2. The summed E-state index contributed by atoms with van der Waals surface area (Å²) in [6, 6.07) is 6.33. The van der Waals surface area contributed by atoms with E-state index < -0.39 is 9.84 Å². The van der Waals surface area contributed by atoms with Gasteiger partial charge in [-0.25, -0.2) is 8.42 Å². The molecular weight excluding hydrogens is 438 g/mol. The van der Waals surface area contributed by atoms with Gasteiger partial charge in [-0.2, -0.15) is 4.98 Å². The fourth-order valence-electron chi connectivity index (χ4n) is 5.39. The molecule has 1 saturated carbocycles. The quantitative estimate of drug-likeness (QED) is 0.745. The molecule has 7 nitrogen and oxygen atoms in total. The highest BCUT2D eigenvalue weighted by Crippen LogP contribution is 2.45. The van der Waals surface area contributed by atoms with Gasteiger partial charge < -0.3 is 14.6 Å². The Labute approximate surface area is 187 Å². The third kappa shape index (κ3) is 4.42. The number of sulfone groups is 1. The van der Waals surface area contributed by atoms with Crippen molar-refractivity contribution in [2.75, 3.05) is 29.5 Å². The Balaban J connectivity index is 1.13. The minimum Gasteiger partial charge on any atom is -0.423 e. The number of rotatable bonds is 3. The van der Waals surface area contributed by atoms with Crippen LogP contribution in [-0.2, 0) is 14.6 Å². The van der Waals surface area contributed by atoms with Crippen LogP contribution in [0.25, 0.3) is 11.1 Å². The zero-order valence-electron chi connectivity index (χ0n) is 17.5. The summed E-state index contributed by atoms with van der Waals surface area (Å²) < 4.78 is 29.2. The van der Waals surface area contributed by atoms with Gasteiger partial charge in [0.05, 0.1) is 17.4 Å². The molecule has 0 bridgehead atoms. The van der Waals surface area contributed by atoms with E-state index in [0.717, 1.165) is 62.7 Å². The summed E-state index contributed by atoms with van der Waals surface area (Å²) in [5, 5.41) is 3.78. The lowest BCUT2D eigenvalue weighted by atomic mass is 9.67. The van der Waals surface area contributed by atoms with Crippen LogP contribution in [0.3, 0.4) is 0 Å². The van der Waals surface area contributed by atoms with Crippen molar-refractivity contribution >= 4 is 44.5 Å². The van der Waals surface area contributed by atoms with Crippen LogP contribution in [0.1, 0.15) is 44.9 Å². The van der Waals surface area contributed by atoms with E-state index in [1.165, 1.54) is 0 Å². The van der Waals surface area contributed by atoms with Gasteiger partial charge in [0, 0.05) is 24.2 Å². The third-order valence-electron chi connectivity index (χ3n) is 7.43. The van der Waals surface area contributed by atoms with Gasteiger partial charge in [-0.15, -0.1) is 0 Å². The van der Waals surface area contributed by atoms with Gasteiger partial charge in [0.1, 0.15) is 5.52 Å². The number of fused-ring (bicyclic) bond motifs is 1. The molecule has 0 radical (unpaired) electrons. The smallest absolute Gasteiger partial charge is 0.298 e. The van der Waals surface area contributed by atoms with Crippen molar-refractivity contribution < 1.29 is 17.6 Å². The molecule has 0 unspecified atom stereocenters. The van der Waals surface area contributed by atoms with Gasteiger partial charge in [0.25, 0.3) is 6.01 Å². The minimum atomic E-state index is -3.03. The predicted octanol–water partition coefficient (Wildman–Crippen LogP) is 3.56. The monoisotopic (exact) mass is 465 g/mol. The lowest BCUT2D eigenvalue weighted by Crippen LogP contribution is -2.47. The van der Waals surface area contributed by atoms with E-state index in [2.05, 4.69) is 15.2 Å². The van der Waals surface area contributed by atoms with Crippen LogP contribution in [0.5, 0.6) is 0 Å². The highest BCUT2D eigenvalue weighted by molar-refractivity contribution is 7.91. The molecule has 3 fully saturated rings.